The van der Waals surface area contributed by atoms with Crippen molar-refractivity contribution in [1.29, 1.82) is 0 Å². The molecule has 4 saturated heterocycles. The molecule has 5 amide bonds. The number of anilines is 2. The number of nitrogens with one attached hydrogen (secondary N) is 2. The second-order valence-corrected chi connectivity index (χ2v) is 15.9. The lowest BCUT2D eigenvalue weighted by Crippen LogP contribution is -2.60. The van der Waals surface area contributed by atoms with Crippen molar-refractivity contribution in [3.63, 3.8) is 0 Å². The van der Waals surface area contributed by atoms with Gasteiger partial charge in [-0.2, -0.15) is 0 Å². The van der Waals surface area contributed by atoms with Crippen LogP contribution in [0.5, 0.6) is 0 Å². The third-order valence-electron chi connectivity index (χ3n) is 11.4. The molecule has 0 radical (unpaired) electrons. The van der Waals surface area contributed by atoms with Gasteiger partial charge in [-0.1, -0.05) is 18.2 Å². The molecule has 2 unspecified atom stereocenters. The van der Waals surface area contributed by atoms with Crippen LogP contribution in [0, 0.1) is 0 Å². The number of fused-ring (bicyclic) bond motifs is 3. The minimum atomic E-state index is -0.715. The number of hydrogen-bond acceptors (Lipinski definition) is 6. The zero-order chi connectivity index (χ0) is 33.5. The number of halogens is 2. The number of piperidine rings is 2. The number of benzene rings is 2. The first-order chi connectivity index (χ1) is 23.1. The summed E-state index contributed by atoms with van der Waals surface area (Å²) in [5, 5.41) is 6.13. The molecule has 0 saturated carbocycles. The smallest absolute Gasteiger partial charge is 0.322 e. The molecule has 3 atom stereocenters. The van der Waals surface area contributed by atoms with E-state index in [1.165, 1.54) is 25.7 Å². The highest BCUT2D eigenvalue weighted by atomic mass is 79.9. The summed E-state index contributed by atoms with van der Waals surface area (Å²) in [5.74, 6) is -0.0472. The number of amides is 5. The topological polar surface area (TPSA) is 117 Å². The first kappa shape index (κ1) is 33.6. The van der Waals surface area contributed by atoms with Crippen molar-refractivity contribution in [1.82, 2.24) is 29.8 Å². The van der Waals surface area contributed by atoms with E-state index in [0.29, 0.717) is 75.8 Å². The number of para-hydroxylation sites is 1. The zero-order valence-electron chi connectivity index (χ0n) is 27.5. The van der Waals surface area contributed by atoms with Gasteiger partial charge in [0.25, 0.3) is 0 Å². The normalized spacial score (nSPS) is 25.9. The van der Waals surface area contributed by atoms with Crippen molar-refractivity contribution in [3.05, 3.63) is 56.5 Å². The average Bonchev–Trinajstić information content (AvgIpc) is 3.28. The summed E-state index contributed by atoms with van der Waals surface area (Å²) in [6.07, 6.45) is 6.74. The molecule has 0 spiro atoms. The van der Waals surface area contributed by atoms with Crippen LogP contribution in [-0.4, -0.2) is 119 Å². The van der Waals surface area contributed by atoms with Gasteiger partial charge in [-0.25, -0.2) is 9.59 Å². The molecule has 2 aromatic carbocycles. The van der Waals surface area contributed by atoms with Crippen molar-refractivity contribution in [2.24, 2.45) is 0 Å². The van der Waals surface area contributed by atoms with Gasteiger partial charge in [0.05, 0.1) is 5.69 Å². The second-order valence-electron chi connectivity index (χ2n) is 14.1. The molecule has 5 aliphatic rings. The quantitative estimate of drug-likeness (QED) is 0.366. The zero-order valence-corrected chi connectivity index (χ0v) is 30.7. The first-order valence-electron chi connectivity index (χ1n) is 17.3. The van der Waals surface area contributed by atoms with E-state index >= 15 is 0 Å². The minimum Gasteiger partial charge on any atom is -0.397 e. The lowest BCUT2D eigenvalue weighted by molar-refractivity contribution is -0.135. The monoisotopic (exact) mass is 784 g/mol. The molecule has 4 N–H and O–H groups in total. The standard InChI is InChI=1S/C35H46Br2N8O3/c1-41-25-6-7-26(41)20-27(19-25)42-12-14-43(15-13-42)33(46)31(18-22-16-28(36)32(38)29(37)17-22)40-34(47)44-10-8-24(9-11-44)45-21-23-4-2-3-5-30(23)39-35(45)48/h2-5,16-17,24-27,31H,6-15,18-21,38H2,1H3,(H,39,48)(H,40,47)/t25?,26?,27?,31-/m1/s1. The number of carbonyl (C=O) groups is 3. The Morgan fingerprint density at radius 2 is 1.54 bits per heavy atom. The van der Waals surface area contributed by atoms with Gasteiger partial charge in [-0.3, -0.25) is 9.69 Å². The summed E-state index contributed by atoms with van der Waals surface area (Å²) >= 11 is 7.08. The molecular formula is C35H46Br2N8O3. The average molecular weight is 787 g/mol. The predicted molar refractivity (Wildman–Crippen MR) is 194 cm³/mol. The highest BCUT2D eigenvalue weighted by molar-refractivity contribution is 9.11. The summed E-state index contributed by atoms with van der Waals surface area (Å²) in [6.45, 7) is 4.64. The predicted octanol–water partition coefficient (Wildman–Crippen LogP) is 4.70. The SMILES string of the molecule is CN1C2CCC1CC(N1CCN(C(=O)[C@@H](Cc3cc(Br)c(N)c(Br)c3)NC(=O)N3CCC(N4Cc5ccccc5NC4=O)CC3)CC1)C2. The maximum Gasteiger partial charge on any atom is 0.322 e. The molecule has 11 nitrogen and oxygen atoms in total. The Balaban J connectivity index is 0.987. The number of likely N-dealkylation sites (tertiary alicyclic amines) is 1. The Bertz CT molecular complexity index is 1510. The van der Waals surface area contributed by atoms with Crippen LogP contribution >= 0.6 is 31.9 Å². The largest absolute Gasteiger partial charge is 0.397 e. The molecule has 13 heteroatoms. The fourth-order valence-electron chi connectivity index (χ4n) is 8.54. The van der Waals surface area contributed by atoms with E-state index in [9.17, 15) is 14.4 Å². The van der Waals surface area contributed by atoms with Crippen LogP contribution in [0.4, 0.5) is 21.0 Å². The molecule has 0 aromatic heterocycles. The third-order valence-corrected chi connectivity index (χ3v) is 12.8. The Morgan fingerprint density at radius 3 is 2.21 bits per heavy atom. The van der Waals surface area contributed by atoms with Crippen LogP contribution in [0.25, 0.3) is 0 Å². The highest BCUT2D eigenvalue weighted by Gasteiger charge is 2.41. The van der Waals surface area contributed by atoms with E-state index in [1.807, 2.05) is 46.2 Å². The summed E-state index contributed by atoms with van der Waals surface area (Å²) in [5.41, 5.74) is 9.61. The summed E-state index contributed by atoms with van der Waals surface area (Å²) in [6, 6.07) is 12.7. The van der Waals surface area contributed by atoms with Gasteiger partial charge in [0, 0.05) is 91.0 Å². The Labute approximate surface area is 299 Å². The lowest BCUT2D eigenvalue weighted by atomic mass is 9.96. The van der Waals surface area contributed by atoms with Crippen molar-refractivity contribution in [2.45, 2.75) is 81.7 Å². The van der Waals surface area contributed by atoms with Crippen molar-refractivity contribution in [3.8, 4) is 0 Å². The molecule has 48 heavy (non-hydrogen) atoms. The van der Waals surface area contributed by atoms with E-state index in [-0.39, 0.29) is 24.0 Å². The van der Waals surface area contributed by atoms with Crippen molar-refractivity contribution in [2.75, 3.05) is 57.4 Å². The number of nitrogens with two attached hydrogens (primary N) is 1. The van der Waals surface area contributed by atoms with Gasteiger partial charge in [-0.15, -0.1) is 0 Å². The first-order valence-corrected chi connectivity index (χ1v) is 18.9. The van der Waals surface area contributed by atoms with Gasteiger partial charge < -0.3 is 36.0 Å². The third kappa shape index (κ3) is 6.93. The summed E-state index contributed by atoms with van der Waals surface area (Å²) in [7, 11) is 2.27. The Kier molecular flexibility index (Phi) is 9.92. The molecule has 0 aliphatic carbocycles. The Hall–Kier alpha value is -2.87. The number of urea groups is 2. The van der Waals surface area contributed by atoms with Crippen LogP contribution in [0.3, 0.4) is 0 Å². The van der Waals surface area contributed by atoms with Crippen LogP contribution < -0.4 is 16.4 Å². The highest BCUT2D eigenvalue weighted by Crippen LogP contribution is 2.37. The number of hydrogen-bond donors (Lipinski definition) is 3. The number of carbonyl (C=O) groups excluding carboxylic acids is 3. The van der Waals surface area contributed by atoms with Crippen molar-refractivity contribution < 1.29 is 14.4 Å². The molecule has 7 rings (SSSR count). The van der Waals surface area contributed by atoms with Gasteiger partial charge >= 0.3 is 12.1 Å². The molecule has 5 heterocycles. The van der Waals surface area contributed by atoms with Crippen LogP contribution in [0.2, 0.25) is 0 Å². The van der Waals surface area contributed by atoms with E-state index in [2.05, 4.69) is 59.3 Å². The Morgan fingerprint density at radius 1 is 0.896 bits per heavy atom. The maximum absolute atomic E-state index is 14.2. The summed E-state index contributed by atoms with van der Waals surface area (Å²) in [4.78, 5) is 51.6. The van der Waals surface area contributed by atoms with E-state index < -0.39 is 6.04 Å². The number of piperazine rings is 1. The molecule has 258 valence electrons. The van der Waals surface area contributed by atoms with Gasteiger partial charge in [0.1, 0.15) is 6.04 Å². The fraction of sp³-hybridized carbons (Fsp3) is 0.571. The fourth-order valence-corrected chi connectivity index (χ4v) is 9.82. The minimum absolute atomic E-state index is 0.0420. The molecule has 5 aliphatic heterocycles. The summed E-state index contributed by atoms with van der Waals surface area (Å²) < 4.78 is 1.49. The van der Waals surface area contributed by atoms with E-state index in [4.69, 9.17) is 5.73 Å². The molecule has 2 bridgehead atoms. The van der Waals surface area contributed by atoms with Crippen LogP contribution in [0.1, 0.15) is 49.7 Å². The molecule has 2 aromatic rings. The number of nitrogen functional groups attached to an aromatic ring is 1. The van der Waals surface area contributed by atoms with Crippen LogP contribution in [-0.2, 0) is 17.8 Å². The molecule has 4 fully saturated rings. The number of nitrogens with zero attached hydrogens (tertiary/aromatic N) is 5. The van der Waals surface area contributed by atoms with Crippen LogP contribution in [0.15, 0.2) is 45.3 Å². The van der Waals surface area contributed by atoms with E-state index in [0.717, 1.165) is 38.8 Å². The van der Waals surface area contributed by atoms with E-state index in [1.54, 1.807) is 4.90 Å². The van der Waals surface area contributed by atoms with Gasteiger partial charge in [0.15, 0.2) is 0 Å². The van der Waals surface area contributed by atoms with Gasteiger partial charge in [0.2, 0.25) is 5.91 Å². The maximum atomic E-state index is 14.2. The molecular weight excluding hydrogens is 740 g/mol. The van der Waals surface area contributed by atoms with Gasteiger partial charge in [-0.05, 0) is 107 Å². The van der Waals surface area contributed by atoms with Crippen molar-refractivity contribution >= 4 is 61.2 Å². The number of rotatable bonds is 6. The lowest BCUT2D eigenvalue weighted by Gasteiger charge is -2.45. The second kappa shape index (κ2) is 14.2.